The summed E-state index contributed by atoms with van der Waals surface area (Å²) < 4.78 is 46.9. The first kappa shape index (κ1) is 23.9. The van der Waals surface area contributed by atoms with Gasteiger partial charge in [0.2, 0.25) is 11.7 Å². The number of rotatable bonds is 5. The molecule has 1 saturated heterocycles. The minimum absolute atomic E-state index is 0.109. The van der Waals surface area contributed by atoms with E-state index in [4.69, 9.17) is 4.52 Å². The maximum absolute atomic E-state index is 13.0. The Morgan fingerprint density at radius 3 is 2.44 bits per heavy atom. The van der Waals surface area contributed by atoms with Gasteiger partial charge in [0.15, 0.2) is 0 Å². The monoisotopic (exact) mass is 478 g/mol. The third-order valence-electron chi connectivity index (χ3n) is 6.21. The largest absolute Gasteiger partial charge is 0.416 e. The van der Waals surface area contributed by atoms with Crippen LogP contribution in [-0.2, 0) is 26.8 Å². The normalized spacial score (nSPS) is 16.6. The van der Waals surface area contributed by atoms with Crippen molar-refractivity contribution in [3.05, 3.63) is 68.3 Å². The molecule has 0 spiro atoms. The Bertz CT molecular complexity index is 1290. The fourth-order valence-electron chi connectivity index (χ4n) is 3.98. The molecule has 2 aromatic heterocycles. The van der Waals surface area contributed by atoms with Crippen molar-refractivity contribution in [2.75, 3.05) is 26.2 Å². The predicted octanol–water partition coefficient (Wildman–Crippen LogP) is 2.03. The summed E-state index contributed by atoms with van der Waals surface area (Å²) in [4.78, 5) is 32.7. The minimum atomic E-state index is -4.45. The third kappa shape index (κ3) is 4.82. The van der Waals surface area contributed by atoms with Crippen LogP contribution >= 0.6 is 0 Å². The molecule has 0 bridgehead atoms. The number of nitrogens with zero attached hydrogens (tertiary/aromatic N) is 6. The molecule has 12 heteroatoms. The lowest BCUT2D eigenvalue weighted by Gasteiger charge is -2.36. The lowest BCUT2D eigenvalue weighted by Crippen LogP contribution is -2.47. The zero-order valence-corrected chi connectivity index (χ0v) is 19.0. The molecule has 4 rings (SSSR count). The van der Waals surface area contributed by atoms with Crippen LogP contribution in [0.2, 0.25) is 0 Å². The first-order chi connectivity index (χ1) is 16.0. The van der Waals surface area contributed by atoms with Crippen molar-refractivity contribution in [2.45, 2.75) is 25.7 Å². The number of halogens is 3. The van der Waals surface area contributed by atoms with Crippen molar-refractivity contribution in [3.63, 3.8) is 0 Å². The average Bonchev–Trinajstić information content (AvgIpc) is 3.31. The third-order valence-corrected chi connectivity index (χ3v) is 6.21. The second-order valence-electron chi connectivity index (χ2n) is 8.40. The molecule has 0 N–H and O–H groups in total. The van der Waals surface area contributed by atoms with Crippen LogP contribution in [0.1, 0.15) is 30.1 Å². The summed E-state index contributed by atoms with van der Waals surface area (Å²) in [5.41, 5.74) is -0.575. The molecule has 1 atom stereocenters. The Morgan fingerprint density at radius 2 is 1.76 bits per heavy atom. The number of piperazine rings is 1. The second-order valence-corrected chi connectivity index (χ2v) is 8.40. The average molecular weight is 478 g/mol. The summed E-state index contributed by atoms with van der Waals surface area (Å²) in [6.45, 7) is 5.14. The topological polar surface area (TPSA) is 89.4 Å². The van der Waals surface area contributed by atoms with E-state index in [1.165, 1.54) is 29.8 Å². The number of benzene rings is 1. The second kappa shape index (κ2) is 9.18. The standard InChI is InChI=1S/C22H25F3N6O3/c1-14(20-26-19(27-34-20)15-5-4-6-16(11-15)22(23,24)25)31-9-7-30(8-10-31)13-17-12-18(32)29(3)21(33)28(17)2/h4-6,11-12,14H,7-10,13H2,1-3H3/t14-/m0/s1. The lowest BCUT2D eigenvalue weighted by molar-refractivity contribution is -0.137. The quantitative estimate of drug-likeness (QED) is 0.554. The fraction of sp³-hybridized carbons (Fsp3) is 0.455. The molecule has 182 valence electrons. The van der Waals surface area contributed by atoms with Gasteiger partial charge in [-0.25, -0.2) is 4.79 Å². The molecule has 0 aliphatic carbocycles. The highest BCUT2D eigenvalue weighted by Crippen LogP contribution is 2.32. The lowest BCUT2D eigenvalue weighted by atomic mass is 10.1. The molecule has 0 unspecified atom stereocenters. The van der Waals surface area contributed by atoms with Crippen molar-refractivity contribution in [1.29, 1.82) is 0 Å². The van der Waals surface area contributed by atoms with Gasteiger partial charge in [0.25, 0.3) is 5.56 Å². The zero-order valence-electron chi connectivity index (χ0n) is 19.0. The van der Waals surface area contributed by atoms with Gasteiger partial charge in [0.05, 0.1) is 11.6 Å². The molecule has 9 nitrogen and oxygen atoms in total. The first-order valence-corrected chi connectivity index (χ1v) is 10.8. The van der Waals surface area contributed by atoms with Crippen molar-refractivity contribution in [2.24, 2.45) is 14.1 Å². The van der Waals surface area contributed by atoms with E-state index in [-0.39, 0.29) is 28.7 Å². The molecule has 3 heterocycles. The minimum Gasteiger partial charge on any atom is -0.337 e. The first-order valence-electron chi connectivity index (χ1n) is 10.8. The van der Waals surface area contributed by atoms with Crippen molar-refractivity contribution in [3.8, 4) is 11.4 Å². The van der Waals surface area contributed by atoms with E-state index in [1.807, 2.05) is 6.92 Å². The Labute approximate surface area is 193 Å². The van der Waals surface area contributed by atoms with Crippen molar-refractivity contribution in [1.82, 2.24) is 29.1 Å². The summed E-state index contributed by atoms with van der Waals surface area (Å²) in [5, 5.41) is 3.88. The molecule has 1 aromatic carbocycles. The maximum Gasteiger partial charge on any atom is 0.416 e. The van der Waals surface area contributed by atoms with Crippen LogP contribution in [0.4, 0.5) is 13.2 Å². The highest BCUT2D eigenvalue weighted by atomic mass is 19.4. The van der Waals surface area contributed by atoms with Crippen molar-refractivity contribution >= 4 is 0 Å². The van der Waals surface area contributed by atoms with Gasteiger partial charge in [-0.3, -0.25) is 23.7 Å². The Morgan fingerprint density at radius 1 is 1.06 bits per heavy atom. The summed E-state index contributed by atoms with van der Waals surface area (Å²) in [6, 6.07) is 6.08. The number of hydrogen-bond acceptors (Lipinski definition) is 7. The molecule has 0 saturated carbocycles. The van der Waals surface area contributed by atoms with Gasteiger partial charge >= 0.3 is 11.9 Å². The molecule has 0 amide bonds. The Kier molecular flexibility index (Phi) is 6.45. The van der Waals surface area contributed by atoms with Crippen LogP contribution in [-0.4, -0.2) is 55.3 Å². The molecule has 0 radical (unpaired) electrons. The van der Waals surface area contributed by atoms with Gasteiger partial charge in [-0.2, -0.15) is 18.2 Å². The van der Waals surface area contributed by atoms with E-state index >= 15 is 0 Å². The van der Waals surface area contributed by atoms with Crippen LogP contribution < -0.4 is 11.2 Å². The summed E-state index contributed by atoms with van der Waals surface area (Å²) >= 11 is 0. The van der Waals surface area contributed by atoms with E-state index in [0.29, 0.717) is 44.3 Å². The molecule has 34 heavy (non-hydrogen) atoms. The molecule has 1 fully saturated rings. The van der Waals surface area contributed by atoms with E-state index in [1.54, 1.807) is 7.05 Å². The van der Waals surface area contributed by atoms with Crippen LogP contribution in [0.3, 0.4) is 0 Å². The smallest absolute Gasteiger partial charge is 0.337 e. The Hall–Kier alpha value is -3.25. The van der Waals surface area contributed by atoms with Crippen LogP contribution in [0.25, 0.3) is 11.4 Å². The van der Waals surface area contributed by atoms with Crippen LogP contribution in [0.15, 0.2) is 44.4 Å². The molecular weight excluding hydrogens is 453 g/mol. The SMILES string of the molecule is C[C@@H](c1nc(-c2cccc(C(F)(F)F)c2)no1)N1CCN(Cc2cc(=O)n(C)c(=O)n2C)CC1. The van der Waals surface area contributed by atoms with Gasteiger partial charge in [0.1, 0.15) is 0 Å². The van der Waals surface area contributed by atoms with E-state index in [2.05, 4.69) is 19.9 Å². The van der Waals surface area contributed by atoms with E-state index in [9.17, 15) is 22.8 Å². The van der Waals surface area contributed by atoms with Gasteiger partial charge in [-0.1, -0.05) is 17.3 Å². The predicted molar refractivity (Wildman–Crippen MR) is 117 cm³/mol. The van der Waals surface area contributed by atoms with E-state index < -0.39 is 11.7 Å². The van der Waals surface area contributed by atoms with Crippen LogP contribution in [0, 0.1) is 0 Å². The van der Waals surface area contributed by atoms with Crippen molar-refractivity contribution < 1.29 is 17.7 Å². The fourth-order valence-corrected chi connectivity index (χ4v) is 3.98. The summed E-state index contributed by atoms with van der Waals surface area (Å²) in [6.07, 6.45) is -4.45. The molecule has 1 aliphatic heterocycles. The van der Waals surface area contributed by atoms with Gasteiger partial charge in [-0.05, 0) is 19.1 Å². The number of alkyl halides is 3. The highest BCUT2D eigenvalue weighted by molar-refractivity contribution is 5.55. The number of aromatic nitrogens is 4. The van der Waals surface area contributed by atoms with E-state index in [0.717, 1.165) is 16.7 Å². The van der Waals surface area contributed by atoms with Gasteiger partial charge in [0, 0.05) is 64.1 Å². The Balaban J connectivity index is 1.40. The van der Waals surface area contributed by atoms with Gasteiger partial charge in [-0.15, -0.1) is 0 Å². The summed E-state index contributed by atoms with van der Waals surface area (Å²) in [7, 11) is 3.09. The zero-order chi connectivity index (χ0) is 24.6. The van der Waals surface area contributed by atoms with Gasteiger partial charge < -0.3 is 4.52 Å². The summed E-state index contributed by atoms with van der Waals surface area (Å²) in [5.74, 6) is 0.438. The highest BCUT2D eigenvalue weighted by Gasteiger charge is 2.31. The maximum atomic E-state index is 13.0. The molecule has 3 aromatic rings. The molecular formula is C22H25F3N6O3. The number of hydrogen-bond donors (Lipinski definition) is 0. The van der Waals surface area contributed by atoms with Crippen LogP contribution in [0.5, 0.6) is 0 Å². The molecule has 1 aliphatic rings.